The van der Waals surface area contributed by atoms with Gasteiger partial charge in [-0.05, 0) is 37.5 Å². The molecule has 1 atom stereocenters. The summed E-state index contributed by atoms with van der Waals surface area (Å²) in [6, 6.07) is 13.4. The number of aromatic nitrogens is 2. The number of benzene rings is 1. The number of hydrogen-bond acceptors (Lipinski definition) is 6. The second-order valence-corrected chi connectivity index (χ2v) is 7.23. The number of aryl methyl sites for hydroxylation is 1. The highest BCUT2D eigenvalue weighted by Gasteiger charge is 2.24. The van der Waals surface area contributed by atoms with E-state index >= 15 is 0 Å². The number of carbonyl (C=O) groups excluding carboxylic acids is 1. The Kier molecular flexibility index (Phi) is 5.99. The Morgan fingerprint density at radius 1 is 1.23 bits per heavy atom. The fourth-order valence-electron chi connectivity index (χ4n) is 3.53. The van der Waals surface area contributed by atoms with E-state index in [9.17, 15) is 9.59 Å². The van der Waals surface area contributed by atoms with E-state index in [1.807, 2.05) is 36.4 Å². The molecule has 0 aliphatic carbocycles. The van der Waals surface area contributed by atoms with Gasteiger partial charge in [-0.2, -0.15) is 0 Å². The number of amides is 1. The van der Waals surface area contributed by atoms with Crippen LogP contribution >= 0.6 is 0 Å². The fourth-order valence-corrected chi connectivity index (χ4v) is 3.53. The lowest BCUT2D eigenvalue weighted by Gasteiger charge is -2.11. The average Bonchev–Trinajstić information content (AvgIpc) is 3.29. The van der Waals surface area contributed by atoms with Gasteiger partial charge >= 0.3 is 5.63 Å². The minimum atomic E-state index is -0.639. The van der Waals surface area contributed by atoms with Crippen LogP contribution in [0.4, 0.5) is 0 Å². The molecule has 1 unspecified atom stereocenters. The molecule has 1 aliphatic heterocycles. The largest absolute Gasteiger partial charge is 0.424 e. The number of hydrogen-bond donors (Lipinski definition) is 1. The molecule has 3 aromatic rings. The summed E-state index contributed by atoms with van der Waals surface area (Å²) >= 11 is 0. The third-order valence-electron chi connectivity index (χ3n) is 5.05. The molecular formula is C23H23N3O4. The van der Waals surface area contributed by atoms with Crippen LogP contribution in [0.1, 0.15) is 46.5 Å². The SMILES string of the molecule is Cc1cc(C2CCCO2)oc(=O)c1C(=O)NCCc1nccc(-c2ccccc2)n1. The second kappa shape index (κ2) is 9.00. The number of nitrogens with zero attached hydrogens (tertiary/aromatic N) is 2. The summed E-state index contributed by atoms with van der Waals surface area (Å²) in [7, 11) is 0. The summed E-state index contributed by atoms with van der Waals surface area (Å²) in [4.78, 5) is 33.8. The van der Waals surface area contributed by atoms with E-state index in [1.54, 1.807) is 19.2 Å². The van der Waals surface area contributed by atoms with Crippen molar-refractivity contribution in [3.8, 4) is 11.3 Å². The van der Waals surface area contributed by atoms with Crippen molar-refractivity contribution in [3.05, 3.63) is 81.8 Å². The van der Waals surface area contributed by atoms with Gasteiger partial charge in [-0.3, -0.25) is 4.79 Å². The van der Waals surface area contributed by atoms with Crippen LogP contribution in [0, 0.1) is 6.92 Å². The molecule has 30 heavy (non-hydrogen) atoms. The Morgan fingerprint density at radius 3 is 2.80 bits per heavy atom. The molecule has 1 aliphatic rings. The zero-order valence-corrected chi connectivity index (χ0v) is 16.8. The maximum absolute atomic E-state index is 12.6. The van der Waals surface area contributed by atoms with Crippen molar-refractivity contribution in [2.45, 2.75) is 32.3 Å². The zero-order chi connectivity index (χ0) is 20.9. The lowest BCUT2D eigenvalue weighted by Crippen LogP contribution is -2.31. The number of nitrogens with one attached hydrogen (secondary N) is 1. The lowest BCUT2D eigenvalue weighted by atomic mass is 10.1. The maximum Gasteiger partial charge on any atom is 0.349 e. The summed E-state index contributed by atoms with van der Waals surface area (Å²) in [5.41, 5.74) is 1.80. The normalized spacial score (nSPS) is 15.8. The van der Waals surface area contributed by atoms with Gasteiger partial charge in [-0.1, -0.05) is 30.3 Å². The molecule has 3 heterocycles. The third-order valence-corrected chi connectivity index (χ3v) is 5.05. The van der Waals surface area contributed by atoms with Crippen molar-refractivity contribution in [1.29, 1.82) is 0 Å². The highest BCUT2D eigenvalue weighted by Crippen LogP contribution is 2.28. The first-order valence-electron chi connectivity index (χ1n) is 10.0. The van der Waals surface area contributed by atoms with Gasteiger partial charge in [0.05, 0.1) is 5.69 Å². The Morgan fingerprint density at radius 2 is 2.07 bits per heavy atom. The molecule has 1 N–H and O–H groups in total. The molecule has 0 spiro atoms. The highest BCUT2D eigenvalue weighted by molar-refractivity contribution is 5.95. The maximum atomic E-state index is 12.6. The minimum Gasteiger partial charge on any atom is -0.424 e. The van der Waals surface area contributed by atoms with Crippen molar-refractivity contribution in [2.75, 3.05) is 13.2 Å². The van der Waals surface area contributed by atoms with Crippen molar-refractivity contribution >= 4 is 5.91 Å². The molecule has 4 rings (SSSR count). The van der Waals surface area contributed by atoms with Gasteiger partial charge in [-0.15, -0.1) is 0 Å². The van der Waals surface area contributed by atoms with Crippen molar-refractivity contribution < 1.29 is 13.9 Å². The van der Waals surface area contributed by atoms with Crippen molar-refractivity contribution in [2.24, 2.45) is 0 Å². The molecule has 0 radical (unpaired) electrons. The van der Waals surface area contributed by atoms with Gasteiger partial charge in [0.15, 0.2) is 0 Å². The van der Waals surface area contributed by atoms with E-state index in [2.05, 4.69) is 15.3 Å². The fraction of sp³-hybridized carbons (Fsp3) is 0.304. The van der Waals surface area contributed by atoms with Crippen molar-refractivity contribution in [3.63, 3.8) is 0 Å². The van der Waals surface area contributed by atoms with E-state index in [4.69, 9.17) is 9.15 Å². The number of rotatable bonds is 6. The average molecular weight is 405 g/mol. The summed E-state index contributed by atoms with van der Waals surface area (Å²) < 4.78 is 10.9. The Hall–Kier alpha value is -3.32. The quantitative estimate of drug-likeness (QED) is 0.677. The molecule has 1 amide bonds. The van der Waals surface area contributed by atoms with Gasteiger partial charge < -0.3 is 14.5 Å². The second-order valence-electron chi connectivity index (χ2n) is 7.23. The molecule has 2 aromatic heterocycles. The monoisotopic (exact) mass is 405 g/mol. The molecule has 1 fully saturated rings. The summed E-state index contributed by atoms with van der Waals surface area (Å²) in [6.45, 7) is 2.70. The Balaban J connectivity index is 1.40. The van der Waals surface area contributed by atoms with Crippen LogP contribution in [0.5, 0.6) is 0 Å². The van der Waals surface area contributed by atoms with Gasteiger partial charge in [0.2, 0.25) is 0 Å². The molecule has 0 bridgehead atoms. The predicted molar refractivity (Wildman–Crippen MR) is 111 cm³/mol. The lowest BCUT2D eigenvalue weighted by molar-refractivity contribution is 0.0883. The molecule has 7 heteroatoms. The molecule has 0 saturated carbocycles. The summed E-state index contributed by atoms with van der Waals surface area (Å²) in [6.07, 6.45) is 3.70. The van der Waals surface area contributed by atoms with E-state index < -0.39 is 11.5 Å². The van der Waals surface area contributed by atoms with E-state index in [0.717, 1.165) is 24.1 Å². The molecule has 154 valence electrons. The third kappa shape index (κ3) is 4.46. The zero-order valence-electron chi connectivity index (χ0n) is 16.8. The molecule has 7 nitrogen and oxygen atoms in total. The van der Waals surface area contributed by atoms with Gasteiger partial charge in [0.25, 0.3) is 5.91 Å². The first-order valence-corrected chi connectivity index (χ1v) is 10.0. The van der Waals surface area contributed by atoms with Crippen LogP contribution in [-0.2, 0) is 11.2 Å². The number of carbonyl (C=O) groups is 1. The first-order chi connectivity index (χ1) is 14.6. The van der Waals surface area contributed by atoms with Crippen LogP contribution in [0.2, 0.25) is 0 Å². The first kappa shape index (κ1) is 20.0. The van der Waals surface area contributed by atoms with E-state index in [0.29, 0.717) is 36.7 Å². The Labute approximate surface area is 174 Å². The summed E-state index contributed by atoms with van der Waals surface area (Å²) in [5, 5.41) is 2.77. The van der Waals surface area contributed by atoms with Crippen LogP contribution in [0.25, 0.3) is 11.3 Å². The van der Waals surface area contributed by atoms with Crippen LogP contribution in [-0.4, -0.2) is 29.0 Å². The predicted octanol–water partition coefficient (Wildman–Crippen LogP) is 3.23. The van der Waals surface area contributed by atoms with Crippen LogP contribution in [0.15, 0.2) is 57.9 Å². The Bertz CT molecular complexity index is 1090. The van der Waals surface area contributed by atoms with E-state index in [1.165, 1.54) is 0 Å². The molecule has 1 aromatic carbocycles. The minimum absolute atomic E-state index is 0.0238. The van der Waals surface area contributed by atoms with Crippen molar-refractivity contribution in [1.82, 2.24) is 15.3 Å². The van der Waals surface area contributed by atoms with Crippen LogP contribution in [0.3, 0.4) is 0 Å². The van der Waals surface area contributed by atoms with Gasteiger partial charge in [-0.25, -0.2) is 14.8 Å². The standard InChI is InChI=1S/C23H23N3O4/c1-15-14-19(18-8-5-13-29-18)30-23(28)21(15)22(27)25-12-10-20-24-11-9-17(26-20)16-6-3-2-4-7-16/h2-4,6-7,9,11,14,18H,5,8,10,12-13H2,1H3,(H,25,27). The van der Waals surface area contributed by atoms with Gasteiger partial charge in [0.1, 0.15) is 23.3 Å². The van der Waals surface area contributed by atoms with Gasteiger partial charge in [0, 0.05) is 31.3 Å². The number of ether oxygens (including phenoxy) is 1. The highest BCUT2D eigenvalue weighted by atomic mass is 16.5. The van der Waals surface area contributed by atoms with E-state index in [-0.39, 0.29) is 11.7 Å². The molecule has 1 saturated heterocycles. The van der Waals surface area contributed by atoms with Crippen LogP contribution < -0.4 is 10.9 Å². The summed E-state index contributed by atoms with van der Waals surface area (Å²) in [5.74, 6) is 0.645. The molecular weight excluding hydrogens is 382 g/mol. The topological polar surface area (TPSA) is 94.3 Å². The smallest absolute Gasteiger partial charge is 0.349 e.